The van der Waals surface area contributed by atoms with E-state index in [2.05, 4.69) is 0 Å². The summed E-state index contributed by atoms with van der Waals surface area (Å²) in [5.74, 6) is 0. The number of rotatable bonds is 0. The van der Waals surface area contributed by atoms with Crippen LogP contribution in [0.15, 0.2) is 0 Å². The van der Waals surface area contributed by atoms with E-state index in [4.69, 9.17) is 43.0 Å². The molecule has 3 radical (unpaired) electrons. The van der Waals surface area contributed by atoms with E-state index in [-0.39, 0.29) is 157 Å². The van der Waals surface area contributed by atoms with Gasteiger partial charge < -0.3 is 31.0 Å². The van der Waals surface area contributed by atoms with E-state index in [1.54, 1.807) is 0 Å². The van der Waals surface area contributed by atoms with Crippen LogP contribution in [-0.2, 0) is 24.6 Å². The van der Waals surface area contributed by atoms with Gasteiger partial charge in [-0.25, -0.2) is 0 Å². The maximum absolute atomic E-state index is 8.74. The van der Waals surface area contributed by atoms with Crippen LogP contribution in [0.5, 0.6) is 0 Å². The first-order valence-corrected chi connectivity index (χ1v) is 5.51. The average molecular weight is 443 g/mol. The van der Waals surface area contributed by atoms with Crippen molar-refractivity contribution >= 4 is 53.6 Å². The van der Waals surface area contributed by atoms with Crippen LogP contribution in [0.25, 0.3) is 0 Å². The van der Waals surface area contributed by atoms with E-state index >= 15 is 0 Å². The molecule has 22 heteroatoms. The van der Waals surface area contributed by atoms with E-state index in [9.17, 15) is 0 Å². The zero-order valence-corrected chi connectivity index (χ0v) is 24.0. The van der Waals surface area contributed by atoms with Gasteiger partial charge in [0.1, 0.15) is 0 Å². The summed E-state index contributed by atoms with van der Waals surface area (Å²) in [4.78, 5) is 0. The predicted molar refractivity (Wildman–Crippen MR) is 49.6 cm³/mol. The van der Waals surface area contributed by atoms with Gasteiger partial charge in [0.15, 0.2) is 0 Å². The number of hydrogen-bond donors (Lipinski definition) is 2. The molecule has 0 atom stereocenters. The molecule has 115 valence electrons. The van der Waals surface area contributed by atoms with Crippen molar-refractivity contribution < 1.29 is 183 Å². The Balaban J connectivity index is -0.00000000576. The van der Waals surface area contributed by atoms with Crippen molar-refractivity contribution in [3.05, 3.63) is 0 Å². The van der Waals surface area contributed by atoms with Crippen molar-refractivity contribution in [2.75, 3.05) is 0 Å². The van der Waals surface area contributed by atoms with Crippen LogP contribution in [0.3, 0.4) is 0 Å². The Morgan fingerprint density at radius 2 is 0.773 bits per heavy atom. The summed E-state index contributed by atoms with van der Waals surface area (Å²) >= 11 is -1.75. The molecule has 14 nitrogen and oxygen atoms in total. The van der Waals surface area contributed by atoms with Crippen LogP contribution in [0, 0.1) is 0 Å². The van der Waals surface area contributed by atoms with Gasteiger partial charge >= 0.3 is 152 Å². The van der Waals surface area contributed by atoms with Crippen LogP contribution < -0.4 is 122 Å². The predicted octanol–water partition coefficient (Wildman–Crippen LogP) is -18.7. The molecule has 0 aromatic rings. The Kier molecular flexibility index (Phi) is 187. The van der Waals surface area contributed by atoms with Gasteiger partial charge in [0.05, 0.1) is 0 Å². The molecule has 0 unspecified atom stereocenters. The van der Waals surface area contributed by atoms with Crippen LogP contribution in [0.4, 0.5) is 0 Å². The Morgan fingerprint density at radius 1 is 0.773 bits per heavy atom. The molecule has 22 heavy (non-hydrogen) atoms. The summed E-state index contributed by atoms with van der Waals surface area (Å²) in [7, 11) is -9.83. The number of hydrogen-bond acceptors (Lipinski definition) is 9. The van der Waals surface area contributed by atoms with Gasteiger partial charge in [0.2, 0.25) is 0 Å². The molecule has 0 saturated carbocycles. The van der Waals surface area contributed by atoms with Gasteiger partial charge in [-0.05, 0) is 0 Å². The summed E-state index contributed by atoms with van der Waals surface area (Å²) in [6.45, 7) is 0. The van der Waals surface area contributed by atoms with Crippen molar-refractivity contribution in [2.24, 2.45) is 0 Å². The SMILES string of the molecule is O.O.O.O=S(=O)(O)O.O=S(=O)([O-])[O-].[Al].[Na+].[Na+].[Na+].[Na+].[OH-].[O]=[Al][O-]. The summed E-state index contributed by atoms with van der Waals surface area (Å²) < 4.78 is 82.6. The van der Waals surface area contributed by atoms with Gasteiger partial charge in [-0.15, -0.1) is 0 Å². The van der Waals surface area contributed by atoms with E-state index in [0.29, 0.717) is 0 Å². The van der Waals surface area contributed by atoms with Gasteiger partial charge in [-0.3, -0.25) is 17.5 Å². The molecule has 0 aliphatic heterocycles. The van der Waals surface area contributed by atoms with Crippen LogP contribution >= 0.6 is 0 Å². The first kappa shape index (κ1) is 82.4. The summed E-state index contributed by atoms with van der Waals surface area (Å²) in [5.41, 5.74) is 0. The first-order valence-electron chi connectivity index (χ1n) is 1.84. The second-order valence-electron chi connectivity index (χ2n) is 0.952. The molecular weight excluding hydrogens is 434 g/mol. The minimum absolute atomic E-state index is 0. The average Bonchev–Trinajstić information content (AvgIpc) is 1.52. The molecular formula is H9Al2Na4O14S2. The Labute approximate surface area is 232 Å². The Bertz CT molecular complexity index is 266. The second-order valence-corrected chi connectivity index (χ2v) is 2.86. The molecule has 0 fully saturated rings. The van der Waals surface area contributed by atoms with Gasteiger partial charge in [0.25, 0.3) is 0 Å². The van der Waals surface area contributed by atoms with Crippen molar-refractivity contribution in [1.82, 2.24) is 0 Å². The monoisotopic (exact) mass is 443 g/mol. The van der Waals surface area contributed by atoms with Gasteiger partial charge in [-0.2, -0.15) is 8.42 Å². The van der Waals surface area contributed by atoms with Crippen molar-refractivity contribution in [3.63, 3.8) is 0 Å². The van der Waals surface area contributed by atoms with Crippen LogP contribution in [0.1, 0.15) is 0 Å². The fourth-order valence-corrected chi connectivity index (χ4v) is 0. The molecule has 0 aliphatic carbocycles. The van der Waals surface area contributed by atoms with Crippen LogP contribution in [0.2, 0.25) is 0 Å². The zero-order valence-electron chi connectivity index (χ0n) is 12.1. The molecule has 9 N–H and O–H groups in total. The van der Waals surface area contributed by atoms with E-state index < -0.39 is 36.3 Å². The third-order valence-corrected chi connectivity index (χ3v) is 0. The molecule has 0 aromatic heterocycles. The standard InChI is InChI=1S/2Al.4Na.2H2O4S.4H2O.2O/c;;;;;;2*1-5(2,3)4;;;;;;/h;;;;;;2*(H2,1,2,3,4);4*1H2;;/q;;4*+1;;;;;;;;-1/p-3. The van der Waals surface area contributed by atoms with Crippen LogP contribution in [-0.4, -0.2) is 89.8 Å². The molecule has 0 spiro atoms. The van der Waals surface area contributed by atoms with Crippen molar-refractivity contribution in [3.8, 4) is 0 Å². The molecule has 0 amide bonds. The summed E-state index contributed by atoms with van der Waals surface area (Å²) in [6.07, 6.45) is 0. The molecule has 0 saturated heterocycles. The molecule has 0 rings (SSSR count). The maximum atomic E-state index is 8.74. The minimum atomic E-state index is -5.17. The van der Waals surface area contributed by atoms with Gasteiger partial charge in [-0.1, -0.05) is 0 Å². The van der Waals surface area contributed by atoms with E-state index in [0.717, 1.165) is 0 Å². The Morgan fingerprint density at radius 3 is 0.773 bits per heavy atom. The normalized spacial score (nSPS) is 5.64. The molecule has 0 heterocycles. The molecule has 0 bridgehead atoms. The van der Waals surface area contributed by atoms with E-state index in [1.165, 1.54) is 0 Å². The Hall–Kier alpha value is 4.24. The third-order valence-electron chi connectivity index (χ3n) is 0. The first-order chi connectivity index (χ1) is 5.41. The zero-order chi connectivity index (χ0) is 11.7. The van der Waals surface area contributed by atoms with Crippen molar-refractivity contribution in [1.29, 1.82) is 0 Å². The fourth-order valence-electron chi connectivity index (χ4n) is 0. The van der Waals surface area contributed by atoms with E-state index in [1.807, 2.05) is 0 Å². The third kappa shape index (κ3) is 727. The summed E-state index contributed by atoms with van der Waals surface area (Å²) in [5, 5.41) is 0. The molecule has 0 aromatic carbocycles. The van der Waals surface area contributed by atoms with Crippen molar-refractivity contribution in [2.45, 2.75) is 0 Å². The summed E-state index contributed by atoms with van der Waals surface area (Å²) in [6, 6.07) is 0. The topological polar surface area (TPSA) is 319 Å². The van der Waals surface area contributed by atoms with Gasteiger partial charge in [0, 0.05) is 27.8 Å². The molecule has 0 aliphatic rings. The fraction of sp³-hybridized carbons (Fsp3) is 0. The quantitative estimate of drug-likeness (QED) is 0.201. The second kappa shape index (κ2) is 49.9.